The maximum atomic E-state index is 13.0. The van der Waals surface area contributed by atoms with Gasteiger partial charge in [-0.3, -0.25) is 9.69 Å². The number of fused-ring (bicyclic) bond motifs is 1. The van der Waals surface area contributed by atoms with E-state index < -0.39 is 23.7 Å². The molecule has 2 aromatic carbocycles. The van der Waals surface area contributed by atoms with Crippen LogP contribution in [0.5, 0.6) is 11.5 Å². The molecule has 1 aliphatic heterocycles. The monoisotopic (exact) mass is 566 g/mol. The van der Waals surface area contributed by atoms with Crippen LogP contribution in [0.15, 0.2) is 40.9 Å². The minimum atomic E-state index is -1.06. The van der Waals surface area contributed by atoms with Crippen molar-refractivity contribution >= 4 is 53.2 Å². The first kappa shape index (κ1) is 30.7. The number of carbonyl (C=O) groups is 2. The Morgan fingerprint density at radius 2 is 1.97 bits per heavy atom. The van der Waals surface area contributed by atoms with Gasteiger partial charge in [0, 0.05) is 40.7 Å². The summed E-state index contributed by atoms with van der Waals surface area (Å²) >= 11 is 6.37. The van der Waals surface area contributed by atoms with Crippen LogP contribution in [-0.4, -0.2) is 86.6 Å². The number of aliphatic carboxylic acids is 1. The van der Waals surface area contributed by atoms with Crippen LogP contribution >= 0.6 is 11.6 Å². The molecule has 10 nitrogen and oxygen atoms in total. The van der Waals surface area contributed by atoms with Gasteiger partial charge < -0.3 is 23.8 Å². The number of halogens is 1. The van der Waals surface area contributed by atoms with Gasteiger partial charge in [0.25, 0.3) is 5.89 Å². The van der Waals surface area contributed by atoms with Gasteiger partial charge in [0.2, 0.25) is 5.82 Å². The largest absolute Gasteiger partial charge is 0.491 e. The van der Waals surface area contributed by atoms with Crippen molar-refractivity contribution < 1.29 is 33.4 Å². The molecule has 1 radical (unpaired) electrons. The first-order chi connectivity index (χ1) is 17.9. The minimum Gasteiger partial charge on any atom is -0.491 e. The molecule has 0 saturated carbocycles. The van der Waals surface area contributed by atoms with E-state index >= 15 is 0 Å². The molecule has 1 unspecified atom stereocenters. The summed E-state index contributed by atoms with van der Waals surface area (Å²) in [5, 5.41) is 14.2. The van der Waals surface area contributed by atoms with E-state index in [1.165, 1.54) is 4.90 Å². The third-order valence-electron chi connectivity index (χ3n) is 5.56. The summed E-state index contributed by atoms with van der Waals surface area (Å²) in [7, 11) is 0. The Labute approximate surface area is 253 Å². The number of ether oxygens (including phenoxy) is 3. The summed E-state index contributed by atoms with van der Waals surface area (Å²) in [6, 6.07) is 9.57. The molecule has 1 aliphatic rings. The van der Waals surface area contributed by atoms with Gasteiger partial charge in [-0.05, 0) is 58.9 Å². The maximum Gasteiger partial charge on any atom is 0.410 e. The van der Waals surface area contributed by atoms with Crippen molar-refractivity contribution in [2.45, 2.75) is 58.8 Å². The second-order valence-electron chi connectivity index (χ2n) is 10.1. The average Bonchev–Trinajstić information content (AvgIpc) is 3.23. The molecule has 39 heavy (non-hydrogen) atoms. The Balaban J connectivity index is 0.00000420. The fourth-order valence-electron chi connectivity index (χ4n) is 4.08. The SMILES string of the molecule is CC(C)Oc1ccc(-c2nc(-c3cccc4c3OCCN(C(=O)OC(C)(C)C)C4CC(=O)O)no2)cc1Cl.[Na]. The molecule has 0 aliphatic carbocycles. The first-order valence-corrected chi connectivity index (χ1v) is 12.6. The number of para-hydroxylation sites is 1. The first-order valence-electron chi connectivity index (χ1n) is 12.2. The summed E-state index contributed by atoms with van der Waals surface area (Å²) in [5.41, 5.74) is 0.876. The number of aromatic nitrogens is 2. The predicted octanol–water partition coefficient (Wildman–Crippen LogP) is 5.61. The van der Waals surface area contributed by atoms with Crippen molar-refractivity contribution in [2.75, 3.05) is 13.2 Å². The molecular weight excluding hydrogens is 537 g/mol. The van der Waals surface area contributed by atoms with Crippen LogP contribution in [0.4, 0.5) is 4.79 Å². The van der Waals surface area contributed by atoms with Crippen molar-refractivity contribution in [3.05, 3.63) is 47.0 Å². The Hall–Kier alpha value is -2.79. The second kappa shape index (κ2) is 12.6. The number of hydrogen-bond acceptors (Lipinski definition) is 8. The molecular formula is C27H30ClN3NaO7. The minimum absolute atomic E-state index is 0. The normalized spacial score (nSPS) is 15.1. The average molecular weight is 567 g/mol. The van der Waals surface area contributed by atoms with Crippen LogP contribution in [0.2, 0.25) is 5.02 Å². The standard InChI is InChI=1S/C27H30ClN3O7.Na/c1-15(2)36-21-10-9-16(13-19(21)28)25-29-24(30-38-25)18-8-6-7-17-20(14-22(32)33)31(11-12-35-23(17)18)26(34)37-27(3,4)5;/h6-10,13,15,20H,11-12,14H2,1-5H3,(H,32,33);. The smallest absolute Gasteiger partial charge is 0.410 e. The number of hydrogen-bond donors (Lipinski definition) is 1. The molecule has 4 rings (SSSR count). The van der Waals surface area contributed by atoms with E-state index in [0.717, 1.165) is 0 Å². The molecule has 0 fully saturated rings. The summed E-state index contributed by atoms with van der Waals surface area (Å²) in [6.45, 7) is 9.34. The van der Waals surface area contributed by atoms with Gasteiger partial charge in [-0.25, -0.2) is 4.79 Å². The third kappa shape index (κ3) is 7.45. The zero-order chi connectivity index (χ0) is 27.6. The van der Waals surface area contributed by atoms with Crippen LogP contribution in [-0.2, 0) is 9.53 Å². The Kier molecular flexibility index (Phi) is 9.93. The van der Waals surface area contributed by atoms with Crippen LogP contribution in [0.25, 0.3) is 22.8 Å². The number of nitrogens with zero attached hydrogens (tertiary/aromatic N) is 3. The summed E-state index contributed by atoms with van der Waals surface area (Å²) in [4.78, 5) is 30.7. The van der Waals surface area contributed by atoms with Crippen LogP contribution in [0.3, 0.4) is 0 Å². The third-order valence-corrected chi connectivity index (χ3v) is 5.86. The van der Waals surface area contributed by atoms with Crippen molar-refractivity contribution in [1.29, 1.82) is 0 Å². The molecule has 203 valence electrons. The number of rotatable bonds is 6. The Morgan fingerprint density at radius 1 is 1.23 bits per heavy atom. The number of carbonyl (C=O) groups excluding carboxylic acids is 1. The van der Waals surface area contributed by atoms with Gasteiger partial charge in [0.05, 0.1) is 35.7 Å². The molecule has 12 heteroatoms. The molecule has 0 bridgehead atoms. The van der Waals surface area contributed by atoms with E-state index in [2.05, 4.69) is 10.1 Å². The van der Waals surface area contributed by atoms with Crippen LogP contribution < -0.4 is 9.47 Å². The summed E-state index contributed by atoms with van der Waals surface area (Å²) in [5.74, 6) is 0.351. The molecule has 1 aromatic heterocycles. The maximum absolute atomic E-state index is 13.0. The second-order valence-corrected chi connectivity index (χ2v) is 10.5. The molecule has 2 heterocycles. The molecule has 0 saturated heterocycles. The predicted molar refractivity (Wildman–Crippen MR) is 145 cm³/mol. The van der Waals surface area contributed by atoms with Crippen molar-refractivity contribution in [1.82, 2.24) is 15.0 Å². The fourth-order valence-corrected chi connectivity index (χ4v) is 4.31. The van der Waals surface area contributed by atoms with Crippen molar-refractivity contribution in [3.8, 4) is 34.3 Å². The molecule has 1 N–H and O–H groups in total. The topological polar surface area (TPSA) is 124 Å². The van der Waals surface area contributed by atoms with E-state index in [0.29, 0.717) is 33.2 Å². The van der Waals surface area contributed by atoms with E-state index in [1.54, 1.807) is 57.2 Å². The molecule has 3 aromatic rings. The van der Waals surface area contributed by atoms with Gasteiger partial charge in [-0.2, -0.15) is 4.98 Å². The van der Waals surface area contributed by atoms with Gasteiger partial charge in [-0.1, -0.05) is 28.9 Å². The molecule has 1 amide bonds. The number of carboxylic acids is 1. The zero-order valence-corrected chi connectivity index (χ0v) is 25.6. The van der Waals surface area contributed by atoms with Gasteiger partial charge in [-0.15, -0.1) is 0 Å². The molecule has 0 spiro atoms. The van der Waals surface area contributed by atoms with E-state index in [1.807, 2.05) is 13.8 Å². The van der Waals surface area contributed by atoms with Crippen molar-refractivity contribution in [3.63, 3.8) is 0 Å². The fraction of sp³-hybridized carbons (Fsp3) is 0.407. The Bertz CT molecular complexity index is 1340. The van der Waals surface area contributed by atoms with E-state index in [9.17, 15) is 14.7 Å². The van der Waals surface area contributed by atoms with Crippen LogP contribution in [0.1, 0.15) is 52.6 Å². The van der Waals surface area contributed by atoms with Gasteiger partial charge in [0.1, 0.15) is 23.7 Å². The van der Waals surface area contributed by atoms with Crippen molar-refractivity contribution in [2.24, 2.45) is 0 Å². The van der Waals surface area contributed by atoms with E-state index in [-0.39, 0.29) is 66.9 Å². The zero-order valence-electron chi connectivity index (χ0n) is 22.9. The Morgan fingerprint density at radius 3 is 2.62 bits per heavy atom. The van der Waals surface area contributed by atoms with Gasteiger partial charge >= 0.3 is 12.1 Å². The molecule has 1 atom stereocenters. The quantitative estimate of drug-likeness (QED) is 0.379. The van der Waals surface area contributed by atoms with Gasteiger partial charge in [0.15, 0.2) is 0 Å². The summed E-state index contributed by atoms with van der Waals surface area (Å²) in [6.07, 6.45) is -0.980. The van der Waals surface area contributed by atoms with E-state index in [4.69, 9.17) is 30.3 Å². The number of benzene rings is 2. The van der Waals surface area contributed by atoms with Crippen LogP contribution in [0, 0.1) is 0 Å². The number of carboxylic acid groups (broad SMARTS) is 1. The number of amides is 1. The summed E-state index contributed by atoms with van der Waals surface area (Å²) < 4.78 is 22.8.